The van der Waals surface area contributed by atoms with Gasteiger partial charge in [-0.15, -0.1) is 0 Å². The molecule has 0 aliphatic carbocycles. The number of para-hydroxylation sites is 1. The summed E-state index contributed by atoms with van der Waals surface area (Å²) in [6.45, 7) is 1.53. The van der Waals surface area contributed by atoms with Crippen LogP contribution in [0.3, 0.4) is 0 Å². The number of benzene rings is 2. The number of nitrogens with one attached hydrogen (secondary N) is 1. The number of aliphatic hydroxyl groups excluding tert-OH is 1. The molecule has 2 heterocycles. The van der Waals surface area contributed by atoms with E-state index in [1.807, 2.05) is 60.7 Å². The molecule has 1 saturated heterocycles. The van der Waals surface area contributed by atoms with Gasteiger partial charge in [-0.1, -0.05) is 48.5 Å². The summed E-state index contributed by atoms with van der Waals surface area (Å²) in [6.07, 6.45) is 0.965. The molecule has 3 aromatic rings. The van der Waals surface area contributed by atoms with E-state index >= 15 is 0 Å². The Hall–Kier alpha value is -2.63. The van der Waals surface area contributed by atoms with E-state index in [1.165, 1.54) is 0 Å². The van der Waals surface area contributed by atoms with Gasteiger partial charge in [0.1, 0.15) is 17.4 Å². The first-order valence-electron chi connectivity index (χ1n) is 9.77. The van der Waals surface area contributed by atoms with Crippen molar-refractivity contribution in [3.05, 3.63) is 72.0 Å². The summed E-state index contributed by atoms with van der Waals surface area (Å²) in [7, 11) is 0. The van der Waals surface area contributed by atoms with E-state index in [-0.39, 0.29) is 5.91 Å². The molecule has 2 aromatic carbocycles. The van der Waals surface area contributed by atoms with Gasteiger partial charge in [0.25, 0.3) is 0 Å². The molecule has 28 heavy (non-hydrogen) atoms. The molecule has 0 saturated carbocycles. The lowest BCUT2D eigenvalue weighted by Gasteiger charge is -2.36. The van der Waals surface area contributed by atoms with Crippen LogP contribution in [-0.2, 0) is 14.9 Å². The van der Waals surface area contributed by atoms with Crippen molar-refractivity contribution in [2.75, 3.05) is 19.8 Å². The van der Waals surface area contributed by atoms with Gasteiger partial charge in [0.15, 0.2) is 0 Å². The van der Waals surface area contributed by atoms with Gasteiger partial charge in [-0.25, -0.2) is 0 Å². The molecular formula is C23H25NO4. The van der Waals surface area contributed by atoms with E-state index in [9.17, 15) is 9.90 Å². The lowest BCUT2D eigenvalue weighted by Crippen LogP contribution is -2.48. The summed E-state index contributed by atoms with van der Waals surface area (Å²) in [4.78, 5) is 13.1. The van der Waals surface area contributed by atoms with Gasteiger partial charge < -0.3 is 19.6 Å². The SMILES string of the molecule is O=C(NCC[C@@H](O)c1cc2ccccc2o1)C1(c2ccccc2)CCOCC1. The Labute approximate surface area is 164 Å². The van der Waals surface area contributed by atoms with Crippen molar-refractivity contribution >= 4 is 16.9 Å². The zero-order valence-corrected chi connectivity index (χ0v) is 15.8. The van der Waals surface area contributed by atoms with Gasteiger partial charge in [-0.3, -0.25) is 4.79 Å². The van der Waals surface area contributed by atoms with Gasteiger partial charge in [0.2, 0.25) is 5.91 Å². The number of carbonyl (C=O) groups excluding carboxylic acids is 1. The van der Waals surface area contributed by atoms with Crippen LogP contribution in [0.5, 0.6) is 0 Å². The Morgan fingerprint density at radius 2 is 1.79 bits per heavy atom. The summed E-state index contributed by atoms with van der Waals surface area (Å²) in [5, 5.41) is 14.5. The number of rotatable bonds is 6. The zero-order valence-electron chi connectivity index (χ0n) is 15.8. The molecule has 146 valence electrons. The van der Waals surface area contributed by atoms with Crippen LogP contribution in [0, 0.1) is 0 Å². The van der Waals surface area contributed by atoms with Crippen molar-refractivity contribution in [3.8, 4) is 0 Å². The number of fused-ring (bicyclic) bond motifs is 1. The number of amides is 1. The van der Waals surface area contributed by atoms with E-state index < -0.39 is 11.5 Å². The largest absolute Gasteiger partial charge is 0.458 e. The molecule has 1 fully saturated rings. The third kappa shape index (κ3) is 3.68. The normalized spacial score (nSPS) is 17.3. The lowest BCUT2D eigenvalue weighted by atomic mass is 9.73. The smallest absolute Gasteiger partial charge is 0.230 e. The van der Waals surface area contributed by atoms with Gasteiger partial charge in [0.05, 0.1) is 5.41 Å². The average molecular weight is 379 g/mol. The standard InChI is InChI=1S/C23H25NO4/c25-19(21-16-17-6-4-5-9-20(17)28-21)10-13-24-22(26)23(11-14-27-15-12-23)18-7-2-1-3-8-18/h1-9,16,19,25H,10-15H2,(H,24,26)/t19-/m1/s1. The molecule has 2 N–H and O–H groups in total. The molecule has 4 rings (SSSR count). The first-order chi connectivity index (χ1) is 13.7. The predicted molar refractivity (Wildman–Crippen MR) is 107 cm³/mol. The van der Waals surface area contributed by atoms with Crippen LogP contribution >= 0.6 is 0 Å². The molecule has 5 heteroatoms. The summed E-state index contributed by atoms with van der Waals surface area (Å²) in [5.74, 6) is 0.526. The molecule has 5 nitrogen and oxygen atoms in total. The minimum absolute atomic E-state index is 0.00111. The molecule has 0 bridgehead atoms. The Bertz CT molecular complexity index is 895. The Balaban J connectivity index is 1.41. The van der Waals surface area contributed by atoms with Crippen LogP contribution < -0.4 is 5.32 Å². The van der Waals surface area contributed by atoms with Gasteiger partial charge in [-0.2, -0.15) is 0 Å². The minimum Gasteiger partial charge on any atom is -0.458 e. The van der Waals surface area contributed by atoms with Crippen LogP contribution in [0.2, 0.25) is 0 Å². The van der Waals surface area contributed by atoms with Crippen molar-refractivity contribution in [3.63, 3.8) is 0 Å². The summed E-state index contributed by atoms with van der Waals surface area (Å²) < 4.78 is 11.2. The van der Waals surface area contributed by atoms with Crippen molar-refractivity contribution in [2.24, 2.45) is 0 Å². The Morgan fingerprint density at radius 3 is 2.54 bits per heavy atom. The first-order valence-corrected chi connectivity index (χ1v) is 9.77. The highest BCUT2D eigenvalue weighted by Crippen LogP contribution is 2.35. The highest BCUT2D eigenvalue weighted by molar-refractivity contribution is 5.88. The van der Waals surface area contributed by atoms with E-state index in [0.29, 0.717) is 44.8 Å². The van der Waals surface area contributed by atoms with E-state index in [1.54, 1.807) is 0 Å². The molecule has 1 aliphatic heterocycles. The third-order valence-electron chi connectivity index (χ3n) is 5.58. The van der Waals surface area contributed by atoms with E-state index in [0.717, 1.165) is 16.5 Å². The van der Waals surface area contributed by atoms with Gasteiger partial charge in [-0.05, 0) is 37.0 Å². The molecule has 0 radical (unpaired) electrons. The molecule has 0 spiro atoms. The zero-order chi connectivity index (χ0) is 19.4. The Morgan fingerprint density at radius 1 is 1.07 bits per heavy atom. The van der Waals surface area contributed by atoms with Crippen LogP contribution in [0.25, 0.3) is 11.0 Å². The van der Waals surface area contributed by atoms with Crippen molar-refractivity contribution in [1.82, 2.24) is 5.32 Å². The van der Waals surface area contributed by atoms with Crippen LogP contribution in [-0.4, -0.2) is 30.8 Å². The van der Waals surface area contributed by atoms with Crippen LogP contribution in [0.4, 0.5) is 0 Å². The number of aliphatic hydroxyl groups is 1. The van der Waals surface area contributed by atoms with Crippen molar-refractivity contribution in [2.45, 2.75) is 30.8 Å². The predicted octanol–water partition coefficient (Wildman–Crippen LogP) is 3.72. The van der Waals surface area contributed by atoms with Crippen LogP contribution in [0.15, 0.2) is 65.1 Å². The van der Waals surface area contributed by atoms with E-state index in [2.05, 4.69) is 5.32 Å². The number of ether oxygens (including phenoxy) is 1. The molecule has 1 atom stereocenters. The summed E-state index contributed by atoms with van der Waals surface area (Å²) in [5.41, 5.74) is 1.21. The third-order valence-corrected chi connectivity index (χ3v) is 5.58. The topological polar surface area (TPSA) is 71.7 Å². The van der Waals surface area contributed by atoms with Crippen molar-refractivity contribution in [1.29, 1.82) is 0 Å². The second-order valence-corrected chi connectivity index (χ2v) is 7.31. The summed E-state index contributed by atoms with van der Waals surface area (Å²) in [6, 6.07) is 19.4. The van der Waals surface area contributed by atoms with Crippen LogP contribution in [0.1, 0.15) is 36.7 Å². The monoisotopic (exact) mass is 379 g/mol. The summed E-state index contributed by atoms with van der Waals surface area (Å²) >= 11 is 0. The molecule has 1 aromatic heterocycles. The van der Waals surface area contributed by atoms with Gasteiger partial charge in [0, 0.05) is 25.1 Å². The van der Waals surface area contributed by atoms with Gasteiger partial charge >= 0.3 is 0 Å². The second kappa shape index (κ2) is 8.17. The molecule has 1 aliphatic rings. The second-order valence-electron chi connectivity index (χ2n) is 7.31. The highest BCUT2D eigenvalue weighted by Gasteiger charge is 2.41. The fourth-order valence-electron chi connectivity index (χ4n) is 3.92. The molecular weight excluding hydrogens is 354 g/mol. The fourth-order valence-corrected chi connectivity index (χ4v) is 3.92. The van der Waals surface area contributed by atoms with E-state index in [4.69, 9.17) is 9.15 Å². The maximum absolute atomic E-state index is 13.1. The quantitative estimate of drug-likeness (QED) is 0.685. The molecule has 1 amide bonds. The Kier molecular flexibility index (Phi) is 5.46. The number of furan rings is 1. The van der Waals surface area contributed by atoms with Crippen molar-refractivity contribution < 1.29 is 19.1 Å². The number of hydrogen-bond donors (Lipinski definition) is 2. The minimum atomic E-state index is -0.755. The molecule has 0 unspecified atom stereocenters. The average Bonchev–Trinajstić information content (AvgIpc) is 3.19. The maximum atomic E-state index is 13.1. The fraction of sp³-hybridized carbons (Fsp3) is 0.348. The maximum Gasteiger partial charge on any atom is 0.230 e. The lowest BCUT2D eigenvalue weighted by molar-refractivity contribution is -0.130. The number of carbonyl (C=O) groups is 1. The number of hydrogen-bond acceptors (Lipinski definition) is 4. The highest BCUT2D eigenvalue weighted by atomic mass is 16.5. The first kappa shape index (κ1) is 18.7.